The van der Waals surface area contributed by atoms with Gasteiger partial charge in [-0.3, -0.25) is 4.79 Å². The van der Waals surface area contributed by atoms with Gasteiger partial charge in [0.15, 0.2) is 6.04 Å². The van der Waals surface area contributed by atoms with Gasteiger partial charge in [-0.2, -0.15) is 0 Å². The maximum absolute atomic E-state index is 11.7. The molecule has 0 bridgehead atoms. The number of rotatable bonds is 4. The lowest BCUT2D eigenvalue weighted by Crippen LogP contribution is -2.43. The molecule has 1 atom stereocenters. The molecule has 6 heteroatoms. The quantitative estimate of drug-likeness (QED) is 0.772. The molecule has 0 saturated carbocycles. The van der Waals surface area contributed by atoms with E-state index in [0.717, 1.165) is 5.56 Å². The van der Waals surface area contributed by atoms with Crippen LogP contribution in [0.5, 0.6) is 0 Å². The molecular weight excluding hydrogens is 290 g/mol. The van der Waals surface area contributed by atoms with Gasteiger partial charge in [0.2, 0.25) is 0 Å². The van der Waals surface area contributed by atoms with Crippen molar-refractivity contribution in [3.8, 4) is 0 Å². The van der Waals surface area contributed by atoms with Crippen molar-refractivity contribution >= 4 is 27.8 Å². The lowest BCUT2D eigenvalue weighted by molar-refractivity contribution is -0.140. The summed E-state index contributed by atoms with van der Waals surface area (Å²) in [5, 5.41) is 19.7. The van der Waals surface area contributed by atoms with Crippen molar-refractivity contribution in [1.29, 1.82) is 0 Å². The molecule has 1 unspecified atom stereocenters. The summed E-state index contributed by atoms with van der Waals surface area (Å²) >= 11 is 3.23. The number of hydrogen-bond acceptors (Lipinski definition) is 3. The number of aliphatic carboxylic acids is 1. The molecule has 0 aliphatic carbocycles. The average molecular weight is 302 g/mol. The highest BCUT2D eigenvalue weighted by atomic mass is 79.9. The first-order chi connectivity index (χ1) is 7.95. The van der Waals surface area contributed by atoms with Gasteiger partial charge in [0.1, 0.15) is 0 Å². The van der Waals surface area contributed by atoms with Crippen LogP contribution in [0.1, 0.15) is 15.9 Å². The number of aliphatic hydroxyl groups excluding tert-OH is 1. The molecular formula is C11H12BrNO4. The molecule has 0 heterocycles. The van der Waals surface area contributed by atoms with Gasteiger partial charge in [-0.15, -0.1) is 0 Å². The van der Waals surface area contributed by atoms with Gasteiger partial charge >= 0.3 is 5.97 Å². The molecule has 1 aromatic rings. The number of aryl methyl sites for hydroxylation is 1. The zero-order chi connectivity index (χ0) is 13.0. The van der Waals surface area contributed by atoms with Crippen LogP contribution in [0.15, 0.2) is 22.7 Å². The molecule has 1 amide bonds. The molecule has 0 spiro atoms. The number of carboxylic acids is 1. The third kappa shape index (κ3) is 3.54. The molecule has 0 aromatic heterocycles. The minimum atomic E-state index is -1.30. The first-order valence-corrected chi connectivity index (χ1v) is 5.65. The third-order valence-corrected chi connectivity index (χ3v) is 2.81. The highest BCUT2D eigenvalue weighted by Crippen LogP contribution is 2.18. The lowest BCUT2D eigenvalue weighted by atomic mass is 10.1. The second-order valence-corrected chi connectivity index (χ2v) is 4.38. The fraction of sp³-hybridized carbons (Fsp3) is 0.273. The summed E-state index contributed by atoms with van der Waals surface area (Å²) < 4.78 is 0.581. The fourth-order valence-electron chi connectivity index (χ4n) is 1.23. The van der Waals surface area contributed by atoms with Gasteiger partial charge in [-0.05, 0) is 40.5 Å². The monoisotopic (exact) mass is 301 g/mol. The maximum Gasteiger partial charge on any atom is 0.328 e. The Morgan fingerprint density at radius 3 is 2.59 bits per heavy atom. The Hall–Kier alpha value is -1.40. The van der Waals surface area contributed by atoms with Gasteiger partial charge in [0.25, 0.3) is 5.91 Å². The number of aliphatic hydroxyl groups is 1. The lowest BCUT2D eigenvalue weighted by Gasteiger charge is -2.12. The van der Waals surface area contributed by atoms with Gasteiger partial charge in [0, 0.05) is 4.47 Å². The summed E-state index contributed by atoms with van der Waals surface area (Å²) in [5.41, 5.74) is 1.31. The van der Waals surface area contributed by atoms with E-state index in [4.69, 9.17) is 10.2 Å². The van der Waals surface area contributed by atoms with E-state index in [1.165, 1.54) is 0 Å². The van der Waals surface area contributed by atoms with E-state index in [0.29, 0.717) is 10.0 Å². The Balaban J connectivity index is 2.86. The van der Waals surface area contributed by atoms with Crippen molar-refractivity contribution in [2.24, 2.45) is 0 Å². The number of hydrogen-bond donors (Lipinski definition) is 3. The topological polar surface area (TPSA) is 86.6 Å². The molecule has 5 nitrogen and oxygen atoms in total. The van der Waals surface area contributed by atoms with E-state index >= 15 is 0 Å². The van der Waals surface area contributed by atoms with Crippen LogP contribution < -0.4 is 5.32 Å². The van der Waals surface area contributed by atoms with Gasteiger partial charge in [0.05, 0.1) is 12.2 Å². The largest absolute Gasteiger partial charge is 0.480 e. The van der Waals surface area contributed by atoms with Crippen LogP contribution in [0, 0.1) is 6.92 Å². The summed E-state index contributed by atoms with van der Waals surface area (Å²) in [7, 11) is 0. The molecule has 1 rings (SSSR count). The molecule has 0 aliphatic heterocycles. The van der Waals surface area contributed by atoms with Crippen LogP contribution in [0.3, 0.4) is 0 Å². The van der Waals surface area contributed by atoms with Crippen molar-refractivity contribution in [3.05, 3.63) is 33.8 Å². The molecule has 0 fully saturated rings. The van der Waals surface area contributed by atoms with Crippen LogP contribution in [-0.4, -0.2) is 34.7 Å². The number of amides is 1. The van der Waals surface area contributed by atoms with E-state index in [1.54, 1.807) is 18.2 Å². The second kappa shape index (κ2) is 5.79. The summed E-state index contributed by atoms with van der Waals surface area (Å²) in [6, 6.07) is 3.79. The normalized spacial score (nSPS) is 11.9. The predicted molar refractivity (Wildman–Crippen MR) is 64.9 cm³/mol. The van der Waals surface area contributed by atoms with Crippen molar-refractivity contribution in [2.45, 2.75) is 13.0 Å². The summed E-state index contributed by atoms with van der Waals surface area (Å²) in [4.78, 5) is 22.4. The molecule has 0 radical (unpaired) electrons. The van der Waals surface area contributed by atoms with E-state index < -0.39 is 24.5 Å². The highest BCUT2D eigenvalue weighted by Gasteiger charge is 2.20. The average Bonchev–Trinajstić information content (AvgIpc) is 2.24. The Labute approximate surface area is 107 Å². The first-order valence-electron chi connectivity index (χ1n) is 4.86. The highest BCUT2D eigenvalue weighted by molar-refractivity contribution is 9.10. The van der Waals surface area contributed by atoms with E-state index in [9.17, 15) is 9.59 Å². The zero-order valence-electron chi connectivity index (χ0n) is 9.11. The number of nitrogens with one attached hydrogen (secondary N) is 1. The van der Waals surface area contributed by atoms with Crippen LogP contribution in [0.25, 0.3) is 0 Å². The standard InChI is InChI=1S/C11H12BrNO4/c1-6-2-3-7(8(12)4-6)10(15)13-9(5-14)11(16)17/h2-4,9,14H,5H2,1H3,(H,13,15)(H,16,17). The number of carboxylic acid groups (broad SMARTS) is 1. The second-order valence-electron chi connectivity index (χ2n) is 3.53. The summed E-state index contributed by atoms with van der Waals surface area (Å²) in [5.74, 6) is -1.82. The SMILES string of the molecule is Cc1ccc(C(=O)NC(CO)C(=O)O)c(Br)c1. The smallest absolute Gasteiger partial charge is 0.328 e. The Morgan fingerprint density at radius 2 is 2.12 bits per heavy atom. The van der Waals surface area contributed by atoms with Crippen LogP contribution in [0.4, 0.5) is 0 Å². The Bertz CT molecular complexity index is 447. The van der Waals surface area contributed by atoms with Crippen LogP contribution in [-0.2, 0) is 4.79 Å². The van der Waals surface area contributed by atoms with Gasteiger partial charge in [-0.25, -0.2) is 4.79 Å². The van der Waals surface area contributed by atoms with Crippen LogP contribution >= 0.6 is 15.9 Å². The van der Waals surface area contributed by atoms with Gasteiger partial charge < -0.3 is 15.5 Å². The molecule has 3 N–H and O–H groups in total. The number of benzene rings is 1. The molecule has 0 aliphatic rings. The zero-order valence-corrected chi connectivity index (χ0v) is 10.7. The van der Waals surface area contributed by atoms with Crippen LogP contribution in [0.2, 0.25) is 0 Å². The first kappa shape index (κ1) is 13.7. The van der Waals surface area contributed by atoms with Gasteiger partial charge in [-0.1, -0.05) is 6.07 Å². The van der Waals surface area contributed by atoms with Crippen molar-refractivity contribution in [3.63, 3.8) is 0 Å². The molecule has 17 heavy (non-hydrogen) atoms. The molecule has 92 valence electrons. The summed E-state index contributed by atoms with van der Waals surface area (Å²) in [6.07, 6.45) is 0. The number of carbonyl (C=O) groups is 2. The molecule has 1 aromatic carbocycles. The Kier molecular flexibility index (Phi) is 4.65. The maximum atomic E-state index is 11.7. The number of carbonyl (C=O) groups excluding carboxylic acids is 1. The summed E-state index contributed by atoms with van der Waals surface area (Å²) in [6.45, 7) is 1.23. The number of halogens is 1. The van der Waals surface area contributed by atoms with Crippen molar-refractivity contribution in [1.82, 2.24) is 5.32 Å². The molecule has 0 saturated heterocycles. The van der Waals surface area contributed by atoms with E-state index in [1.807, 2.05) is 6.92 Å². The van der Waals surface area contributed by atoms with E-state index in [-0.39, 0.29) is 0 Å². The third-order valence-electron chi connectivity index (χ3n) is 2.16. The Morgan fingerprint density at radius 1 is 1.47 bits per heavy atom. The van der Waals surface area contributed by atoms with Crippen molar-refractivity contribution in [2.75, 3.05) is 6.61 Å². The predicted octanol–water partition coefficient (Wildman–Crippen LogP) is 0.933. The van der Waals surface area contributed by atoms with E-state index in [2.05, 4.69) is 21.2 Å². The fourth-order valence-corrected chi connectivity index (χ4v) is 1.90. The minimum Gasteiger partial charge on any atom is -0.480 e. The minimum absolute atomic E-state index is 0.329. The van der Waals surface area contributed by atoms with Crippen molar-refractivity contribution < 1.29 is 19.8 Å².